The summed E-state index contributed by atoms with van der Waals surface area (Å²) in [7, 11) is 0. The summed E-state index contributed by atoms with van der Waals surface area (Å²) in [5, 5.41) is 0. The van der Waals surface area contributed by atoms with Gasteiger partial charge in [-0.1, -0.05) is 0 Å². The predicted molar refractivity (Wildman–Crippen MR) is 182 cm³/mol. The van der Waals surface area contributed by atoms with Crippen molar-refractivity contribution in [1.29, 1.82) is 0 Å². The number of nitrogens with zero attached hydrogens (tertiary/aromatic N) is 4. The van der Waals surface area contributed by atoms with Crippen molar-refractivity contribution in [2.75, 3.05) is 18.1 Å². The van der Waals surface area contributed by atoms with E-state index >= 15 is 0 Å². The molecule has 2 bridgehead atoms. The molecule has 4 aromatic heterocycles. The second kappa shape index (κ2) is 15.6. The van der Waals surface area contributed by atoms with Crippen LogP contribution in [-0.4, -0.2) is 68.4 Å². The van der Waals surface area contributed by atoms with Gasteiger partial charge in [-0.05, 0) is 78.5 Å². The fourth-order valence-electron chi connectivity index (χ4n) is 5.30. The van der Waals surface area contributed by atoms with E-state index in [4.69, 9.17) is 25.7 Å². The van der Waals surface area contributed by atoms with Crippen LogP contribution in [0.15, 0.2) is 58.0 Å². The average Bonchev–Trinajstić information content (AvgIpc) is 3.69. The molecule has 21 heteroatoms. The average molecular weight is 896 g/mol. The quantitative estimate of drug-likeness (QED) is 0.175. The molecule has 4 aromatic rings. The van der Waals surface area contributed by atoms with Crippen molar-refractivity contribution < 1.29 is 58.5 Å². The first-order valence-corrected chi connectivity index (χ1v) is 17.0. The van der Waals surface area contributed by atoms with Crippen LogP contribution in [0.1, 0.15) is 46.2 Å². The van der Waals surface area contributed by atoms with Gasteiger partial charge >= 0.3 is 18.5 Å². The minimum atomic E-state index is -4.41. The molecule has 2 aliphatic heterocycles. The minimum Gasteiger partial charge on any atom is -0.481 e. The summed E-state index contributed by atoms with van der Waals surface area (Å²) in [6.07, 6.45) is -10.8. The van der Waals surface area contributed by atoms with E-state index in [9.17, 15) is 39.5 Å². The summed E-state index contributed by atoms with van der Waals surface area (Å²) in [6, 6.07) is 5.31. The molecule has 292 valence electrons. The fourth-order valence-corrected chi connectivity index (χ4v) is 6.04. The lowest BCUT2D eigenvalue weighted by molar-refractivity contribution is -0.189. The van der Waals surface area contributed by atoms with E-state index in [0.29, 0.717) is 21.2 Å². The molecule has 53 heavy (non-hydrogen) atoms. The van der Waals surface area contributed by atoms with Crippen molar-refractivity contribution >= 4 is 49.1 Å². The van der Waals surface area contributed by atoms with Gasteiger partial charge in [-0.2, -0.15) is 39.5 Å². The van der Waals surface area contributed by atoms with Crippen molar-refractivity contribution in [2.24, 2.45) is 0 Å². The van der Waals surface area contributed by atoms with Gasteiger partial charge in [0, 0.05) is 48.4 Å². The van der Waals surface area contributed by atoms with Gasteiger partial charge in [0.2, 0.25) is 0 Å². The molecule has 3 fully saturated rings. The second-order valence-electron chi connectivity index (χ2n) is 12.6. The van der Waals surface area contributed by atoms with Crippen LogP contribution in [-0.2, 0) is 10.2 Å². The Morgan fingerprint density at radius 1 is 0.774 bits per heavy atom. The molecule has 2 saturated heterocycles. The van der Waals surface area contributed by atoms with Gasteiger partial charge in [-0.25, -0.2) is 15.0 Å². The Morgan fingerprint density at radius 2 is 1.30 bits per heavy atom. The Kier molecular flexibility index (Phi) is 12.3. The fraction of sp³-hybridized carbons (Fsp3) is 0.469. The molecule has 3 aliphatic rings. The molecule has 10 nitrogen and oxygen atoms in total. The minimum absolute atomic E-state index is 0.0207. The number of halogens is 11. The number of imidazole rings is 1. The van der Waals surface area contributed by atoms with Crippen LogP contribution in [0.4, 0.5) is 51.1 Å². The summed E-state index contributed by atoms with van der Waals surface area (Å²) >= 11 is 6.29. The molecule has 1 aliphatic carbocycles. The van der Waals surface area contributed by atoms with Crippen LogP contribution in [0.3, 0.4) is 0 Å². The van der Waals surface area contributed by atoms with Gasteiger partial charge in [-0.15, -0.1) is 0 Å². The molecular weight excluding hydrogens is 863 g/mol. The van der Waals surface area contributed by atoms with Crippen LogP contribution in [0.5, 0.6) is 17.2 Å². The highest BCUT2D eigenvalue weighted by molar-refractivity contribution is 9.10. The summed E-state index contributed by atoms with van der Waals surface area (Å²) in [5.74, 6) is 0.428. The first-order valence-electron chi connectivity index (χ1n) is 15.5. The van der Waals surface area contributed by atoms with Crippen molar-refractivity contribution in [3.63, 3.8) is 0 Å². The van der Waals surface area contributed by atoms with Crippen LogP contribution in [0, 0.1) is 0 Å². The summed E-state index contributed by atoms with van der Waals surface area (Å²) in [5.41, 5.74) is 12.0. The van der Waals surface area contributed by atoms with Crippen LogP contribution < -0.4 is 25.7 Å². The molecule has 0 spiro atoms. The van der Waals surface area contributed by atoms with Crippen LogP contribution >= 0.6 is 31.9 Å². The monoisotopic (exact) mass is 894 g/mol. The lowest BCUT2D eigenvalue weighted by Crippen LogP contribution is -2.45. The maximum absolute atomic E-state index is 12.7. The number of anilines is 2. The Bertz CT molecular complexity index is 1890. The van der Waals surface area contributed by atoms with E-state index in [1.165, 1.54) is 36.7 Å². The van der Waals surface area contributed by atoms with Gasteiger partial charge in [0.1, 0.15) is 34.5 Å². The van der Waals surface area contributed by atoms with Crippen molar-refractivity contribution in [2.45, 2.75) is 88.4 Å². The zero-order chi connectivity index (χ0) is 39.7. The number of rotatable bonds is 7. The standard InChI is InChI=1S/C16H16BrF3N2O2.C8H8BrF3N2O.C8H9F3N2O/c1-9(16(18,19)20)24-11-3-13-21-12(5-22(13)4-10(11)17)15-6-14(2,7-15)23-8-15;1-4(8(10,11)12)15-6-2-7(13)14-3-5(6)9;1-5(8(9,10)11)14-6-2-3-13-7(12)4-6/h3-5,9H,6-8H2,1-2H3;2-4H,1H3,(H2,13,14);2-5H,1H3,(H2,12,13). The topological polar surface area (TPSA) is 132 Å². The number of hydrogen-bond acceptors (Lipinski definition) is 9. The number of pyridine rings is 3. The van der Waals surface area contributed by atoms with Gasteiger partial charge in [0.05, 0.1) is 26.8 Å². The smallest absolute Gasteiger partial charge is 0.425 e. The summed E-state index contributed by atoms with van der Waals surface area (Å²) in [6.45, 7) is 5.56. The van der Waals surface area contributed by atoms with Gasteiger partial charge in [0.15, 0.2) is 18.3 Å². The lowest BCUT2D eigenvalue weighted by atomic mass is 9.62. The molecule has 7 rings (SSSR count). The van der Waals surface area contributed by atoms with Crippen molar-refractivity contribution in [3.8, 4) is 17.2 Å². The number of nitrogen functional groups attached to an aromatic ring is 2. The number of fused-ring (bicyclic) bond motifs is 2. The SMILES string of the molecule is CC(Oc1cc(N)ncc1Br)C(F)(F)F.CC(Oc1cc2nc(C34COC(C)(C3)C4)cn2cc1Br)C(F)(F)F.CC(Oc1ccnc(N)c1)C(F)(F)F. The lowest BCUT2D eigenvalue weighted by Gasteiger charge is -2.41. The highest BCUT2D eigenvalue weighted by atomic mass is 79.9. The number of ether oxygens (including phenoxy) is 4. The molecule has 0 radical (unpaired) electrons. The predicted octanol–water partition coefficient (Wildman–Crippen LogP) is 9.00. The zero-order valence-electron chi connectivity index (χ0n) is 28.2. The number of nitrogens with two attached hydrogens (primary N) is 2. The van der Waals surface area contributed by atoms with Gasteiger partial charge < -0.3 is 34.8 Å². The highest BCUT2D eigenvalue weighted by Crippen LogP contribution is 2.58. The Hall–Kier alpha value is -3.72. The summed E-state index contributed by atoms with van der Waals surface area (Å²) < 4.78 is 134. The Morgan fingerprint density at radius 3 is 1.81 bits per heavy atom. The molecule has 4 N–H and O–H groups in total. The van der Waals surface area contributed by atoms with E-state index < -0.39 is 36.8 Å². The molecular formula is C32H33Br2F9N6O4. The van der Waals surface area contributed by atoms with Crippen LogP contribution in [0.25, 0.3) is 5.65 Å². The van der Waals surface area contributed by atoms with Gasteiger partial charge in [0.25, 0.3) is 0 Å². The normalized spacial score (nSPS) is 21.3. The third-order valence-corrected chi connectivity index (χ3v) is 9.26. The van der Waals surface area contributed by atoms with E-state index in [1.807, 2.05) is 6.20 Å². The molecule has 0 aromatic carbocycles. The molecule has 6 heterocycles. The zero-order valence-corrected chi connectivity index (χ0v) is 31.4. The van der Waals surface area contributed by atoms with E-state index in [1.54, 1.807) is 10.6 Å². The maximum atomic E-state index is 12.7. The third-order valence-electron chi connectivity index (χ3n) is 8.07. The Labute approximate surface area is 313 Å². The number of alkyl halides is 9. The van der Waals surface area contributed by atoms with Crippen molar-refractivity contribution in [1.82, 2.24) is 19.4 Å². The maximum Gasteiger partial charge on any atom is 0.425 e. The number of hydrogen-bond donors (Lipinski definition) is 2. The van der Waals surface area contributed by atoms with E-state index in [2.05, 4.69) is 58.5 Å². The third kappa shape index (κ3) is 10.7. The molecule has 1 saturated carbocycles. The largest absolute Gasteiger partial charge is 0.481 e. The van der Waals surface area contributed by atoms with E-state index in [-0.39, 0.29) is 39.9 Å². The highest BCUT2D eigenvalue weighted by Gasteiger charge is 2.61. The molecule has 3 unspecified atom stereocenters. The first-order chi connectivity index (χ1) is 24.3. The number of aromatic nitrogens is 4. The molecule has 3 atom stereocenters. The first kappa shape index (κ1) is 42.0. The Balaban J connectivity index is 0.000000189. The molecule has 0 amide bonds. The summed E-state index contributed by atoms with van der Waals surface area (Å²) in [4.78, 5) is 11.9. The van der Waals surface area contributed by atoms with Gasteiger partial charge in [-0.3, -0.25) is 0 Å². The van der Waals surface area contributed by atoms with Crippen LogP contribution in [0.2, 0.25) is 0 Å². The van der Waals surface area contributed by atoms with Crippen molar-refractivity contribution in [3.05, 3.63) is 63.7 Å². The second-order valence-corrected chi connectivity index (χ2v) is 14.3. The van der Waals surface area contributed by atoms with E-state index in [0.717, 1.165) is 39.3 Å².